The zero-order chi connectivity index (χ0) is 26.6. The summed E-state index contributed by atoms with van der Waals surface area (Å²) >= 11 is 2.52. The second kappa shape index (κ2) is 11.2. The van der Waals surface area contributed by atoms with Gasteiger partial charge in [0.1, 0.15) is 5.84 Å². The minimum Gasteiger partial charge on any atom is -0.475 e. The molecule has 7 nitrogen and oxygen atoms in total. The number of nitrogens with one attached hydrogen (secondary N) is 1. The molecule has 5 N–H and O–H groups in total. The van der Waals surface area contributed by atoms with Gasteiger partial charge in [0, 0.05) is 0 Å². The van der Waals surface area contributed by atoms with Crippen LogP contribution in [0.4, 0.5) is 13.2 Å². The van der Waals surface area contributed by atoms with E-state index in [1.807, 2.05) is 31.2 Å². The first-order chi connectivity index (χ1) is 16.2. The van der Waals surface area contributed by atoms with E-state index in [4.69, 9.17) is 21.0 Å². The number of carboxylic acid groups (broad SMARTS) is 1. The predicted octanol–water partition coefficient (Wildman–Crippen LogP) is 4.69. The fourth-order valence-electron chi connectivity index (χ4n) is 3.04. The van der Waals surface area contributed by atoms with Crippen LogP contribution in [-0.2, 0) is 21.2 Å². The Balaban J connectivity index is 0.000000540. The van der Waals surface area contributed by atoms with Gasteiger partial charge in [-0.15, -0.1) is 23.1 Å². The molecule has 3 aromatic rings. The molecule has 0 atom stereocenters. The zero-order valence-electron chi connectivity index (χ0n) is 18.4. The van der Waals surface area contributed by atoms with E-state index in [0.29, 0.717) is 9.09 Å². The summed E-state index contributed by atoms with van der Waals surface area (Å²) in [6, 6.07) is 13.8. The second-order valence-corrected chi connectivity index (χ2v) is 11.0. The normalized spacial score (nSPS) is 11.5. The fourth-order valence-corrected chi connectivity index (χ4v) is 6.94. The number of carbonyl (C=O) groups is 1. The fraction of sp³-hybridized carbons (Fsp3) is 0.182. The van der Waals surface area contributed by atoms with E-state index in [0.717, 1.165) is 22.3 Å². The van der Waals surface area contributed by atoms with Crippen molar-refractivity contribution in [2.75, 3.05) is 6.26 Å². The van der Waals surface area contributed by atoms with Crippen molar-refractivity contribution >= 4 is 44.7 Å². The number of amidine groups is 1. The van der Waals surface area contributed by atoms with Crippen LogP contribution < -0.4 is 5.73 Å². The van der Waals surface area contributed by atoms with Crippen molar-refractivity contribution in [1.29, 1.82) is 5.41 Å². The summed E-state index contributed by atoms with van der Waals surface area (Å²) in [7, 11) is -3.78. The van der Waals surface area contributed by atoms with Crippen molar-refractivity contribution in [3.8, 4) is 11.1 Å². The van der Waals surface area contributed by atoms with Crippen LogP contribution in [0.25, 0.3) is 11.1 Å². The van der Waals surface area contributed by atoms with E-state index in [9.17, 15) is 26.7 Å². The number of aliphatic hydroxyl groups excluding tert-OH is 1. The van der Waals surface area contributed by atoms with Crippen LogP contribution in [-0.4, -0.2) is 42.9 Å². The molecule has 0 radical (unpaired) electrons. The van der Waals surface area contributed by atoms with E-state index in [-0.39, 0.29) is 22.2 Å². The lowest BCUT2D eigenvalue weighted by Crippen LogP contribution is -2.21. The second-order valence-electron chi connectivity index (χ2n) is 6.98. The molecule has 35 heavy (non-hydrogen) atoms. The molecule has 0 aliphatic heterocycles. The summed E-state index contributed by atoms with van der Waals surface area (Å²) in [5.41, 5.74) is 8.82. The van der Waals surface area contributed by atoms with E-state index in [1.165, 1.54) is 29.2 Å². The molecule has 2 aromatic carbocycles. The minimum atomic E-state index is -5.08. The number of nitrogen functional groups attached to an aromatic ring is 1. The maximum absolute atomic E-state index is 13.3. The van der Waals surface area contributed by atoms with Gasteiger partial charge in [-0.2, -0.15) is 13.2 Å². The number of thiophene rings is 1. The third kappa shape index (κ3) is 6.63. The predicted molar refractivity (Wildman–Crippen MR) is 129 cm³/mol. The summed E-state index contributed by atoms with van der Waals surface area (Å²) in [6.45, 7) is 1.80. The number of hydrogen-bond acceptors (Lipinski definition) is 7. The van der Waals surface area contributed by atoms with Crippen LogP contribution >= 0.6 is 23.1 Å². The van der Waals surface area contributed by atoms with Gasteiger partial charge in [0.25, 0.3) is 0 Å². The van der Waals surface area contributed by atoms with Crippen molar-refractivity contribution < 1.29 is 36.6 Å². The number of aliphatic hydroxyl groups is 1. The zero-order valence-corrected chi connectivity index (χ0v) is 20.8. The first kappa shape index (κ1) is 28.4. The molecule has 188 valence electrons. The van der Waals surface area contributed by atoms with Gasteiger partial charge in [0.15, 0.2) is 0 Å². The average molecular weight is 547 g/mol. The number of aliphatic carboxylic acids is 1. The highest BCUT2D eigenvalue weighted by Crippen LogP contribution is 2.38. The Bertz CT molecular complexity index is 1350. The van der Waals surface area contributed by atoms with Gasteiger partial charge in [0.2, 0.25) is 9.84 Å². The molecule has 0 saturated heterocycles. The van der Waals surface area contributed by atoms with E-state index in [2.05, 4.69) is 0 Å². The van der Waals surface area contributed by atoms with Gasteiger partial charge in [-0.1, -0.05) is 30.3 Å². The smallest absolute Gasteiger partial charge is 0.475 e. The number of aryl methyl sites for hydroxylation is 1. The quantitative estimate of drug-likeness (QED) is 0.200. The number of rotatable bonds is 6. The number of thioether (sulfide) groups is 1. The van der Waals surface area contributed by atoms with E-state index < -0.39 is 22.0 Å². The lowest BCUT2D eigenvalue weighted by atomic mass is 9.95. The Kier molecular flexibility index (Phi) is 9.11. The average Bonchev–Trinajstić information content (AvgIpc) is 3.24. The van der Waals surface area contributed by atoms with Crippen LogP contribution in [0, 0.1) is 12.3 Å². The van der Waals surface area contributed by atoms with Gasteiger partial charge >= 0.3 is 12.1 Å². The van der Waals surface area contributed by atoms with Gasteiger partial charge in [-0.05, 0) is 53.6 Å². The molecule has 13 heteroatoms. The number of halogens is 3. The van der Waals surface area contributed by atoms with Gasteiger partial charge in [0.05, 0.1) is 25.5 Å². The maximum Gasteiger partial charge on any atom is 0.490 e. The largest absolute Gasteiger partial charge is 0.490 e. The molecule has 1 heterocycles. The summed E-state index contributed by atoms with van der Waals surface area (Å²) in [4.78, 5) is 9.66. The number of alkyl halides is 3. The summed E-state index contributed by atoms with van der Waals surface area (Å²) in [5, 5.41) is 24.4. The first-order valence-corrected chi connectivity index (χ1v) is 13.1. The highest BCUT2D eigenvalue weighted by molar-refractivity contribution is 8.01. The third-order valence-electron chi connectivity index (χ3n) is 4.61. The van der Waals surface area contributed by atoms with Gasteiger partial charge in [-0.25, -0.2) is 13.2 Å². The number of sulfone groups is 1. The summed E-state index contributed by atoms with van der Waals surface area (Å²) in [6.07, 6.45) is -3.29. The van der Waals surface area contributed by atoms with Crippen molar-refractivity contribution in [3.05, 3.63) is 64.5 Å². The Hall–Kier alpha value is -2.87. The number of hydrogen-bond donors (Lipinski definition) is 4. The Morgan fingerprint density at radius 3 is 2.29 bits per heavy atom. The van der Waals surface area contributed by atoms with E-state index >= 15 is 0 Å². The monoisotopic (exact) mass is 546 g/mol. The maximum atomic E-state index is 13.3. The van der Waals surface area contributed by atoms with Crippen molar-refractivity contribution in [3.63, 3.8) is 0 Å². The van der Waals surface area contributed by atoms with Crippen LogP contribution in [0.1, 0.15) is 16.0 Å². The van der Waals surface area contributed by atoms with E-state index in [1.54, 1.807) is 24.5 Å². The highest BCUT2D eigenvalue weighted by Gasteiger charge is 2.38. The topological polar surface area (TPSA) is 142 Å². The Labute approximate surface area is 207 Å². The Morgan fingerprint density at radius 2 is 1.77 bits per heavy atom. The molecular formula is C22H21F3N2O5S3. The van der Waals surface area contributed by atoms with Gasteiger partial charge in [-0.3, -0.25) is 5.41 Å². The Morgan fingerprint density at radius 1 is 1.17 bits per heavy atom. The molecular weight excluding hydrogens is 525 g/mol. The summed E-state index contributed by atoms with van der Waals surface area (Å²) < 4.78 is 58.9. The number of benzene rings is 2. The van der Waals surface area contributed by atoms with Crippen LogP contribution in [0.3, 0.4) is 0 Å². The molecule has 0 amide bonds. The molecule has 1 aromatic heterocycles. The number of nitrogens with two attached hydrogens (primary N) is 1. The van der Waals surface area contributed by atoms with Crippen LogP contribution in [0.15, 0.2) is 62.5 Å². The molecule has 0 aliphatic rings. The van der Waals surface area contributed by atoms with Gasteiger partial charge < -0.3 is 15.9 Å². The minimum absolute atomic E-state index is 0.128. The molecule has 3 rings (SSSR count). The summed E-state index contributed by atoms with van der Waals surface area (Å²) in [5.74, 6) is -2.91. The SMILES string of the molecule is CSc1sc(C(=N)N)cc1S(=O)(=O)c1cccc(-c2c(C)cccc2CO)c1.O=C(O)C(F)(F)F. The molecule has 0 saturated carbocycles. The number of carboxylic acids is 1. The standard InChI is InChI=1S/C20H20N2O3S3.C2HF3O2/c1-12-5-3-7-14(11-23)18(12)13-6-4-8-15(9-13)28(24,25)17-10-16(19(21)22)27-20(17)26-2;3-2(4,5)1(6)7/h3-10,23H,11H2,1-2H3,(H3,21,22);(H,6,7). The lowest BCUT2D eigenvalue weighted by Gasteiger charge is -2.13. The van der Waals surface area contributed by atoms with Crippen LogP contribution in [0.2, 0.25) is 0 Å². The lowest BCUT2D eigenvalue weighted by molar-refractivity contribution is -0.192. The molecule has 0 bridgehead atoms. The third-order valence-corrected chi connectivity index (χ3v) is 8.95. The van der Waals surface area contributed by atoms with Crippen molar-refractivity contribution in [1.82, 2.24) is 0 Å². The molecule has 0 spiro atoms. The van der Waals surface area contributed by atoms with Crippen molar-refractivity contribution in [2.24, 2.45) is 5.73 Å². The molecule has 0 fully saturated rings. The highest BCUT2D eigenvalue weighted by atomic mass is 32.2. The molecule has 0 unspecified atom stereocenters. The molecule has 0 aliphatic carbocycles. The van der Waals surface area contributed by atoms with Crippen molar-refractivity contribution in [2.45, 2.75) is 33.7 Å². The van der Waals surface area contributed by atoms with Crippen LogP contribution in [0.5, 0.6) is 0 Å². The first-order valence-electron chi connectivity index (χ1n) is 9.61.